The van der Waals surface area contributed by atoms with E-state index in [-0.39, 0.29) is 7.43 Å². The van der Waals surface area contributed by atoms with Crippen LogP contribution in [0.15, 0.2) is 121 Å². The summed E-state index contributed by atoms with van der Waals surface area (Å²) in [6.07, 6.45) is 2.00. The predicted molar refractivity (Wildman–Crippen MR) is 170 cm³/mol. The zero-order chi connectivity index (χ0) is 26.6. The molecule has 0 heterocycles. The van der Waals surface area contributed by atoms with E-state index < -0.39 is 0 Å². The minimum absolute atomic E-state index is 0. The Bertz CT molecular complexity index is 1390. The molecule has 0 saturated carbocycles. The van der Waals surface area contributed by atoms with Crippen LogP contribution >= 0.6 is 0 Å². The van der Waals surface area contributed by atoms with Crippen LogP contribution in [0.3, 0.4) is 0 Å². The molecule has 195 valence electrons. The van der Waals surface area contributed by atoms with Gasteiger partial charge in [0.25, 0.3) is 0 Å². The first-order valence-corrected chi connectivity index (χ1v) is 17.9. The van der Waals surface area contributed by atoms with Gasteiger partial charge in [0.2, 0.25) is 0 Å². The molecule has 6 aromatic carbocycles. The van der Waals surface area contributed by atoms with Gasteiger partial charge in [-0.1, -0.05) is 97.8 Å². The minimum atomic E-state index is 0. The van der Waals surface area contributed by atoms with Crippen molar-refractivity contribution in [2.45, 2.75) is 27.7 Å². The molecular weight excluding hydrogens is 553 g/mol. The fraction of sp³-hybridized carbons (Fsp3) is 0.111. The van der Waals surface area contributed by atoms with Gasteiger partial charge in [0.1, 0.15) is 0 Å². The molecule has 0 saturated heterocycles. The molecule has 0 aliphatic heterocycles. The molecule has 0 nitrogen and oxygen atoms in total. The van der Waals surface area contributed by atoms with E-state index in [1.54, 1.807) is 19.8 Å². The van der Waals surface area contributed by atoms with E-state index in [1.807, 2.05) is 27.8 Å². The summed E-state index contributed by atoms with van der Waals surface area (Å²) in [7, 11) is 1.91. The average molecular weight is 592 g/mol. The predicted octanol–water partition coefficient (Wildman–Crippen LogP) is 9.83. The third-order valence-corrected chi connectivity index (χ3v) is 5.96. The summed E-state index contributed by atoms with van der Waals surface area (Å²) < 4.78 is 0. The van der Waals surface area contributed by atoms with Crippen molar-refractivity contribution in [2.24, 2.45) is 0 Å². The van der Waals surface area contributed by atoms with E-state index in [9.17, 15) is 0 Å². The van der Waals surface area contributed by atoms with E-state index >= 15 is 0 Å². The van der Waals surface area contributed by atoms with Crippen molar-refractivity contribution in [1.29, 1.82) is 0 Å². The van der Waals surface area contributed by atoms with Gasteiger partial charge in [-0.25, -0.2) is 0 Å². The van der Waals surface area contributed by atoms with E-state index in [0.29, 0.717) is 0 Å². The second-order valence-electron chi connectivity index (χ2n) is 8.99. The first-order chi connectivity index (χ1) is 18.1. The van der Waals surface area contributed by atoms with Crippen LogP contribution in [0.4, 0.5) is 0 Å². The van der Waals surface area contributed by atoms with Crippen LogP contribution in [-0.2, 0) is 19.8 Å². The van der Waals surface area contributed by atoms with Crippen molar-refractivity contribution in [1.82, 2.24) is 0 Å². The number of rotatable bonds is 2. The fourth-order valence-corrected chi connectivity index (χ4v) is 4.51. The zero-order valence-corrected chi connectivity index (χ0v) is 26.9. The van der Waals surface area contributed by atoms with Gasteiger partial charge >= 0.3 is 27.3 Å². The molecule has 0 aliphatic carbocycles. The van der Waals surface area contributed by atoms with Crippen molar-refractivity contribution in [3.8, 4) is 22.3 Å². The maximum absolute atomic E-state index is 2.26. The molecule has 0 spiro atoms. The van der Waals surface area contributed by atoms with E-state index in [2.05, 4.69) is 135 Å². The van der Waals surface area contributed by atoms with Crippen LogP contribution in [0.1, 0.15) is 25.0 Å². The molecule has 0 bridgehead atoms. The average Bonchev–Trinajstić information content (AvgIpc) is 3.52. The standard InChI is InChI=1S/2C16H13.C3H7.CH3.Nb.H2Si/c2*1-12-10-14-8-5-9-15(16(14)11-12)13-6-3-2-4-7-13;1-3-2;;;/h2*2-11H,1H3;3H,1-2H3;1H3;;1H2/q4*-1;;. The second-order valence-corrected chi connectivity index (χ2v) is 8.99. The van der Waals surface area contributed by atoms with Crippen LogP contribution in [0.25, 0.3) is 43.8 Å². The zero-order valence-electron chi connectivity index (χ0n) is 23.3. The normalized spacial score (nSPS) is 9.66. The Labute approximate surface area is 244 Å². The monoisotopic (exact) mass is 591 g/mol. The Balaban J connectivity index is 0.000000224. The van der Waals surface area contributed by atoms with Gasteiger partial charge in [-0.05, 0) is 11.1 Å². The van der Waals surface area contributed by atoms with Crippen LogP contribution in [0, 0.1) is 27.7 Å². The molecule has 38 heavy (non-hydrogen) atoms. The van der Waals surface area contributed by atoms with Crippen molar-refractivity contribution in [3.63, 3.8) is 0 Å². The topological polar surface area (TPSA) is 0 Å². The molecule has 0 aromatic heterocycles. The molecule has 6 aromatic rings. The molecule has 0 unspecified atom stereocenters. The number of hydrogen-bond donors (Lipinski definition) is 0. The molecular formula is C36H38NbSi-4. The van der Waals surface area contributed by atoms with Crippen LogP contribution in [0.5, 0.6) is 0 Å². The summed E-state index contributed by atoms with van der Waals surface area (Å²) in [6.45, 7) is 8.30. The van der Waals surface area contributed by atoms with Crippen molar-refractivity contribution >= 4 is 29.1 Å². The van der Waals surface area contributed by atoms with Gasteiger partial charge in [0.05, 0.1) is 0 Å². The summed E-state index contributed by atoms with van der Waals surface area (Å²) in [5.74, 6) is 0. The number of aryl methyl sites for hydroxylation is 2. The SMILES string of the molecule is C[CH-]C.Cc1cc2c(-c3ccccc3)cccc2[cH-]1.Cc1cc2c(-c3ccccc3)cccc2[cH-]1.[CH3-].[SiH2]=[Nb]. The number of benzene rings is 4. The van der Waals surface area contributed by atoms with Crippen LogP contribution in [-0.4, -0.2) is 7.52 Å². The van der Waals surface area contributed by atoms with Crippen molar-refractivity contribution in [3.05, 3.63) is 146 Å². The molecule has 6 rings (SSSR count). The molecule has 2 heteroatoms. The van der Waals surface area contributed by atoms with Gasteiger partial charge in [-0.2, -0.15) is 26.0 Å². The van der Waals surface area contributed by atoms with Crippen molar-refractivity contribution < 1.29 is 19.8 Å². The molecule has 0 fully saturated rings. The Morgan fingerprint density at radius 2 is 0.895 bits per heavy atom. The number of fused-ring (bicyclic) bond motifs is 2. The van der Waals surface area contributed by atoms with Gasteiger partial charge in [-0.15, -0.1) is 69.1 Å². The van der Waals surface area contributed by atoms with Gasteiger partial charge in [-0.3, -0.25) is 0 Å². The van der Waals surface area contributed by atoms with E-state index in [1.165, 1.54) is 54.9 Å². The maximum atomic E-state index is 2.26. The molecule has 0 radical (unpaired) electrons. The molecule has 0 amide bonds. The number of hydrogen-bond acceptors (Lipinski definition) is 0. The van der Waals surface area contributed by atoms with E-state index in [4.69, 9.17) is 0 Å². The van der Waals surface area contributed by atoms with Crippen molar-refractivity contribution in [2.75, 3.05) is 0 Å². The van der Waals surface area contributed by atoms with Gasteiger partial charge in [0.15, 0.2) is 0 Å². The quantitative estimate of drug-likeness (QED) is 0.139. The van der Waals surface area contributed by atoms with E-state index in [0.717, 1.165) is 0 Å². The molecule has 0 aliphatic rings. The third-order valence-electron chi connectivity index (χ3n) is 5.96. The molecule has 0 atom stereocenters. The Morgan fingerprint density at radius 3 is 1.24 bits per heavy atom. The fourth-order valence-electron chi connectivity index (χ4n) is 4.51. The first-order valence-electron chi connectivity index (χ1n) is 12.6. The Kier molecular flexibility index (Phi) is 13.3. The summed E-state index contributed by atoms with van der Waals surface area (Å²) in [5.41, 5.74) is 7.89. The first kappa shape index (κ1) is 31.3. The Morgan fingerprint density at radius 1 is 0.553 bits per heavy atom. The summed E-state index contributed by atoms with van der Waals surface area (Å²) in [4.78, 5) is 0. The third kappa shape index (κ3) is 8.03. The summed E-state index contributed by atoms with van der Waals surface area (Å²) in [6, 6.07) is 43.1. The summed E-state index contributed by atoms with van der Waals surface area (Å²) >= 11 is 1.78. The van der Waals surface area contributed by atoms with Gasteiger partial charge < -0.3 is 13.8 Å². The second kappa shape index (κ2) is 16.1. The Hall–Kier alpha value is -2.94. The summed E-state index contributed by atoms with van der Waals surface area (Å²) in [5, 5.41) is 5.37. The van der Waals surface area contributed by atoms with Gasteiger partial charge in [0, 0.05) is 0 Å². The van der Waals surface area contributed by atoms with Crippen LogP contribution in [0.2, 0.25) is 0 Å². The van der Waals surface area contributed by atoms with Crippen LogP contribution < -0.4 is 0 Å². The molecule has 0 N–H and O–H groups in total.